The third-order valence-corrected chi connectivity index (χ3v) is 5.64. The van der Waals surface area contributed by atoms with Crippen LogP contribution in [0.15, 0.2) is 71.8 Å². The summed E-state index contributed by atoms with van der Waals surface area (Å²) in [4.78, 5) is 25.8. The van der Waals surface area contributed by atoms with E-state index < -0.39 is 24.0 Å². The van der Waals surface area contributed by atoms with Gasteiger partial charge in [-0.1, -0.05) is 59.6 Å². The second-order valence-electron chi connectivity index (χ2n) is 7.72. The number of methoxy groups -OCH3 is 1. The zero-order chi connectivity index (χ0) is 26.1. The predicted molar refractivity (Wildman–Crippen MR) is 139 cm³/mol. The molecule has 2 atom stereocenters. The lowest BCUT2D eigenvalue weighted by Crippen LogP contribution is -2.50. The van der Waals surface area contributed by atoms with E-state index >= 15 is 0 Å². The van der Waals surface area contributed by atoms with Gasteiger partial charge in [-0.15, -0.1) is 0 Å². The van der Waals surface area contributed by atoms with Crippen molar-refractivity contribution in [1.82, 2.24) is 10.7 Å². The van der Waals surface area contributed by atoms with Crippen LogP contribution in [0.4, 0.5) is 0 Å². The third kappa shape index (κ3) is 7.37. The molecule has 0 saturated heterocycles. The molecule has 3 rings (SSSR count). The Labute approximate surface area is 218 Å². The Kier molecular flexibility index (Phi) is 9.55. The molecule has 0 radical (unpaired) electrons. The quantitative estimate of drug-likeness (QED) is 0.267. The van der Waals surface area contributed by atoms with Crippen LogP contribution in [-0.4, -0.2) is 42.4 Å². The fraction of sp³-hybridized carbons (Fsp3) is 0.192. The number of nitrogens with one attached hydrogen (secondary N) is 2. The highest BCUT2D eigenvalue weighted by molar-refractivity contribution is 6.35. The van der Waals surface area contributed by atoms with Gasteiger partial charge in [0, 0.05) is 17.0 Å². The number of amides is 2. The molecule has 10 heteroatoms. The monoisotopic (exact) mass is 529 g/mol. The number of halogens is 2. The number of rotatable bonds is 10. The minimum atomic E-state index is -0.956. The molecular formula is C26H25Cl2N3O5. The molecule has 0 saturated carbocycles. The van der Waals surface area contributed by atoms with Crippen LogP contribution >= 0.6 is 23.2 Å². The van der Waals surface area contributed by atoms with E-state index in [1.165, 1.54) is 19.4 Å². The van der Waals surface area contributed by atoms with E-state index in [1.807, 2.05) is 30.3 Å². The van der Waals surface area contributed by atoms with Crippen molar-refractivity contribution < 1.29 is 24.2 Å². The van der Waals surface area contributed by atoms with E-state index in [2.05, 4.69) is 15.8 Å². The van der Waals surface area contributed by atoms with E-state index in [-0.39, 0.29) is 28.7 Å². The molecule has 0 aliphatic heterocycles. The van der Waals surface area contributed by atoms with E-state index in [9.17, 15) is 14.7 Å². The lowest BCUT2D eigenvalue weighted by molar-refractivity contribution is -0.132. The summed E-state index contributed by atoms with van der Waals surface area (Å²) in [7, 11) is 1.43. The van der Waals surface area contributed by atoms with Crippen LogP contribution in [0.5, 0.6) is 17.2 Å². The molecule has 36 heavy (non-hydrogen) atoms. The number of hydrogen-bond acceptors (Lipinski definition) is 6. The van der Waals surface area contributed by atoms with Gasteiger partial charge in [-0.3, -0.25) is 9.59 Å². The number of carbonyl (C=O) groups is 2. The summed E-state index contributed by atoms with van der Waals surface area (Å²) in [6, 6.07) is 17.8. The van der Waals surface area contributed by atoms with Crippen LogP contribution in [0, 0.1) is 0 Å². The van der Waals surface area contributed by atoms with Gasteiger partial charge < -0.3 is 19.9 Å². The van der Waals surface area contributed by atoms with Crippen LogP contribution < -0.4 is 20.2 Å². The van der Waals surface area contributed by atoms with Gasteiger partial charge in [-0.05, 0) is 42.8 Å². The first-order valence-electron chi connectivity index (χ1n) is 10.9. The lowest BCUT2D eigenvalue weighted by Gasteiger charge is -2.21. The maximum atomic E-state index is 13.0. The first-order chi connectivity index (χ1) is 17.3. The number of hydrogen-bond donors (Lipinski definition) is 3. The van der Waals surface area contributed by atoms with Crippen LogP contribution in [0.2, 0.25) is 10.0 Å². The van der Waals surface area contributed by atoms with Gasteiger partial charge in [0.15, 0.2) is 17.6 Å². The zero-order valence-electron chi connectivity index (χ0n) is 19.6. The second kappa shape index (κ2) is 12.8. The summed E-state index contributed by atoms with van der Waals surface area (Å²) in [6.45, 7) is 1.54. The molecule has 188 valence electrons. The van der Waals surface area contributed by atoms with Crippen LogP contribution in [0.3, 0.4) is 0 Å². The Bertz CT molecular complexity index is 1240. The molecule has 3 aromatic carbocycles. The van der Waals surface area contributed by atoms with Gasteiger partial charge in [-0.2, -0.15) is 5.10 Å². The van der Waals surface area contributed by atoms with E-state index in [1.54, 1.807) is 37.3 Å². The fourth-order valence-corrected chi connectivity index (χ4v) is 3.67. The molecule has 0 bridgehead atoms. The van der Waals surface area contributed by atoms with Crippen LogP contribution in [0.1, 0.15) is 18.1 Å². The van der Waals surface area contributed by atoms with Crippen molar-refractivity contribution in [2.24, 2.45) is 5.10 Å². The number of ether oxygens (including phenoxy) is 2. The molecule has 0 spiro atoms. The van der Waals surface area contributed by atoms with Crippen molar-refractivity contribution in [3.05, 3.63) is 87.9 Å². The number of carbonyl (C=O) groups excluding carboxylic acids is 2. The summed E-state index contributed by atoms with van der Waals surface area (Å²) in [5.74, 6) is -0.627. The number of aromatic hydroxyl groups is 1. The SMILES string of the molecule is COc1cccc(/C=N\NC(=O)[C@@H](Cc2ccccc2)NC(=O)[C@H](C)Oc2ccc(Cl)cc2Cl)c1O. The topological polar surface area (TPSA) is 109 Å². The molecular weight excluding hydrogens is 505 g/mol. The van der Waals surface area contributed by atoms with Crippen molar-refractivity contribution in [3.8, 4) is 17.2 Å². The summed E-state index contributed by atoms with van der Waals surface area (Å²) >= 11 is 12.0. The van der Waals surface area contributed by atoms with E-state index in [0.717, 1.165) is 5.56 Å². The Balaban J connectivity index is 1.71. The smallest absolute Gasteiger partial charge is 0.262 e. The number of para-hydroxylation sites is 1. The van der Waals surface area contributed by atoms with Crippen LogP contribution in [-0.2, 0) is 16.0 Å². The first kappa shape index (κ1) is 26.8. The maximum Gasteiger partial charge on any atom is 0.262 e. The molecule has 0 fully saturated rings. The van der Waals surface area contributed by atoms with Gasteiger partial charge in [0.25, 0.3) is 11.8 Å². The van der Waals surface area contributed by atoms with Gasteiger partial charge in [0.05, 0.1) is 18.3 Å². The van der Waals surface area contributed by atoms with E-state index in [0.29, 0.717) is 10.6 Å². The third-order valence-electron chi connectivity index (χ3n) is 5.11. The zero-order valence-corrected chi connectivity index (χ0v) is 21.1. The molecule has 0 aromatic heterocycles. The average molecular weight is 530 g/mol. The standard InChI is InChI=1S/C26H25Cl2N3O5/c1-16(36-22-12-11-19(27)14-20(22)28)25(33)30-21(13-17-7-4-3-5-8-17)26(34)31-29-15-18-9-6-10-23(35-2)24(18)32/h3-12,14-16,21,32H,13H2,1-2H3,(H,30,33)(H,31,34)/b29-15-/t16-,21+/m0/s1. The van der Waals surface area contributed by atoms with Gasteiger partial charge in [0.2, 0.25) is 0 Å². The molecule has 0 aliphatic carbocycles. The Hall–Kier alpha value is -3.75. The van der Waals surface area contributed by atoms with Crippen molar-refractivity contribution >= 4 is 41.2 Å². The number of hydrazone groups is 1. The predicted octanol–water partition coefficient (Wildman–Crippen LogP) is 4.35. The fourth-order valence-electron chi connectivity index (χ4n) is 3.21. The summed E-state index contributed by atoms with van der Waals surface area (Å²) in [6.07, 6.45) is 0.546. The van der Waals surface area contributed by atoms with Gasteiger partial charge >= 0.3 is 0 Å². The molecule has 2 amide bonds. The minimum Gasteiger partial charge on any atom is -0.504 e. The minimum absolute atomic E-state index is 0.112. The number of benzene rings is 3. The average Bonchev–Trinajstić information content (AvgIpc) is 2.86. The molecule has 0 heterocycles. The Morgan fingerprint density at radius 1 is 1.03 bits per heavy atom. The lowest BCUT2D eigenvalue weighted by atomic mass is 10.1. The number of phenolic OH excluding ortho intramolecular Hbond substituents is 1. The van der Waals surface area contributed by atoms with Gasteiger partial charge in [-0.25, -0.2) is 5.43 Å². The highest BCUT2D eigenvalue weighted by Gasteiger charge is 2.25. The van der Waals surface area contributed by atoms with Crippen molar-refractivity contribution in [2.75, 3.05) is 7.11 Å². The normalized spacial score (nSPS) is 12.6. The van der Waals surface area contributed by atoms with Crippen LogP contribution in [0.25, 0.3) is 0 Å². The molecule has 0 unspecified atom stereocenters. The Morgan fingerprint density at radius 3 is 2.47 bits per heavy atom. The Morgan fingerprint density at radius 2 is 1.78 bits per heavy atom. The second-order valence-corrected chi connectivity index (χ2v) is 8.56. The number of nitrogens with zero attached hydrogens (tertiary/aromatic N) is 1. The molecule has 8 nitrogen and oxygen atoms in total. The molecule has 3 aromatic rings. The summed E-state index contributed by atoms with van der Waals surface area (Å²) < 4.78 is 10.7. The van der Waals surface area contributed by atoms with Crippen molar-refractivity contribution in [1.29, 1.82) is 0 Å². The van der Waals surface area contributed by atoms with Crippen molar-refractivity contribution in [3.63, 3.8) is 0 Å². The highest BCUT2D eigenvalue weighted by Crippen LogP contribution is 2.29. The largest absolute Gasteiger partial charge is 0.504 e. The first-order valence-corrected chi connectivity index (χ1v) is 11.7. The van der Waals surface area contributed by atoms with Crippen molar-refractivity contribution in [2.45, 2.75) is 25.5 Å². The summed E-state index contributed by atoms with van der Waals surface area (Å²) in [5, 5.41) is 17.5. The molecule has 3 N–H and O–H groups in total. The highest BCUT2D eigenvalue weighted by atomic mass is 35.5. The molecule has 0 aliphatic rings. The maximum absolute atomic E-state index is 13.0. The van der Waals surface area contributed by atoms with E-state index in [4.69, 9.17) is 32.7 Å². The van der Waals surface area contributed by atoms with Gasteiger partial charge in [0.1, 0.15) is 11.8 Å². The summed E-state index contributed by atoms with van der Waals surface area (Å²) in [5.41, 5.74) is 3.60. The number of phenols is 1.